The Balaban J connectivity index is 1.87. The molecule has 0 radical (unpaired) electrons. The van der Waals surface area contributed by atoms with Crippen LogP contribution in [0.3, 0.4) is 0 Å². The lowest BCUT2D eigenvalue weighted by Gasteiger charge is -2.40. The molecule has 3 aliphatic rings. The number of nitrogens with one attached hydrogen (secondary N) is 1. The van der Waals surface area contributed by atoms with Gasteiger partial charge in [0.05, 0.1) is 13.2 Å². The van der Waals surface area contributed by atoms with Gasteiger partial charge in [-0.3, -0.25) is 19.9 Å². The predicted octanol–water partition coefficient (Wildman–Crippen LogP) is -0.527. The molecule has 3 rings (SSSR count). The Bertz CT molecular complexity index is 609. The molecule has 0 spiro atoms. The van der Waals surface area contributed by atoms with Gasteiger partial charge in [0.15, 0.2) is 0 Å². The third kappa shape index (κ3) is 2.37. The number of nitrogens with zero attached hydrogens (tertiary/aromatic N) is 3. The molecule has 23 heavy (non-hydrogen) atoms. The molecule has 3 amide bonds. The first kappa shape index (κ1) is 16.1. The van der Waals surface area contributed by atoms with Crippen molar-refractivity contribution in [2.24, 2.45) is 0 Å². The number of ether oxygens (including phenoxy) is 1. The maximum atomic E-state index is 12.4. The number of hydrogen-bond acceptors (Lipinski definition) is 8. The maximum Gasteiger partial charge on any atom is 0.348 e. The van der Waals surface area contributed by atoms with Crippen molar-refractivity contribution in [2.45, 2.75) is 24.6 Å². The van der Waals surface area contributed by atoms with Crippen LogP contribution in [0.25, 0.3) is 0 Å². The second-order valence-corrected chi connectivity index (χ2v) is 6.58. The van der Waals surface area contributed by atoms with Crippen molar-refractivity contribution in [3.05, 3.63) is 10.7 Å². The van der Waals surface area contributed by atoms with Gasteiger partial charge in [0, 0.05) is 14.1 Å². The quantitative estimate of drug-likeness (QED) is 0.646. The summed E-state index contributed by atoms with van der Waals surface area (Å²) in [6, 6.07) is -0.998. The van der Waals surface area contributed by atoms with Crippen molar-refractivity contribution >= 4 is 29.7 Å². The van der Waals surface area contributed by atoms with Crippen LogP contribution in [-0.2, 0) is 14.3 Å². The fourth-order valence-electron chi connectivity index (χ4n) is 2.98. The molecule has 0 aromatic heterocycles. The average Bonchev–Trinajstić information content (AvgIpc) is 2.88. The van der Waals surface area contributed by atoms with Crippen molar-refractivity contribution in [2.75, 3.05) is 27.2 Å². The molecule has 126 valence electrons. The van der Waals surface area contributed by atoms with Gasteiger partial charge in [0.1, 0.15) is 28.4 Å². The number of hydrogen-bond donors (Lipinski definition) is 2. The van der Waals surface area contributed by atoms with E-state index in [1.165, 1.54) is 11.9 Å². The molecule has 10 heteroatoms. The van der Waals surface area contributed by atoms with E-state index in [2.05, 4.69) is 5.32 Å². The van der Waals surface area contributed by atoms with Crippen LogP contribution in [0.5, 0.6) is 0 Å². The molecule has 9 nitrogen and oxygen atoms in total. The molecule has 3 heterocycles. The van der Waals surface area contributed by atoms with E-state index >= 15 is 0 Å². The summed E-state index contributed by atoms with van der Waals surface area (Å²) < 4.78 is 4.93. The molecule has 0 saturated carbocycles. The van der Waals surface area contributed by atoms with Gasteiger partial charge >= 0.3 is 12.0 Å². The third-order valence-electron chi connectivity index (χ3n) is 4.15. The summed E-state index contributed by atoms with van der Waals surface area (Å²) >= 11 is 1.09. The van der Waals surface area contributed by atoms with Crippen LogP contribution in [0.4, 0.5) is 4.79 Å². The molecular formula is C13H18N4O5S. The minimum absolute atomic E-state index is 0.0432. The van der Waals surface area contributed by atoms with Crippen molar-refractivity contribution in [1.82, 2.24) is 20.0 Å². The van der Waals surface area contributed by atoms with Gasteiger partial charge in [-0.15, -0.1) is 0 Å². The largest absolute Gasteiger partial charge is 0.509 e. The van der Waals surface area contributed by atoms with E-state index in [-0.39, 0.29) is 29.7 Å². The lowest BCUT2D eigenvalue weighted by Crippen LogP contribution is -2.65. The van der Waals surface area contributed by atoms with Crippen LogP contribution in [0, 0.1) is 0 Å². The van der Waals surface area contributed by atoms with E-state index in [4.69, 9.17) is 4.74 Å². The molecule has 0 aromatic carbocycles. The van der Waals surface area contributed by atoms with Crippen LogP contribution in [0.1, 0.15) is 6.92 Å². The number of aliphatic hydroxyl groups excluding tert-OH is 1. The number of amides is 3. The van der Waals surface area contributed by atoms with Crippen molar-refractivity contribution < 1.29 is 24.2 Å². The van der Waals surface area contributed by atoms with E-state index in [0.717, 1.165) is 16.7 Å². The first-order chi connectivity index (χ1) is 10.9. The number of imide groups is 1. The molecule has 2 fully saturated rings. The molecular weight excluding hydrogens is 324 g/mol. The smallest absolute Gasteiger partial charge is 0.348 e. The second-order valence-electron chi connectivity index (χ2n) is 5.49. The molecule has 3 aliphatic heterocycles. The summed E-state index contributed by atoms with van der Waals surface area (Å²) in [7, 11) is 3.04. The molecule has 2 saturated heterocycles. The van der Waals surface area contributed by atoms with E-state index in [9.17, 15) is 19.5 Å². The predicted molar refractivity (Wildman–Crippen MR) is 81.0 cm³/mol. The highest BCUT2D eigenvalue weighted by Crippen LogP contribution is 2.39. The standard InChI is InChI=1S/C13H18N4O5S/c1-4-22-11(20)8-6(18)5-17-7-9(14-12(17)23-8)15(2)13(21)16(3)10(7)19/h7,9,12,14,18H,4-5H2,1-3H3. The first-order valence-corrected chi connectivity index (χ1v) is 8.06. The van der Waals surface area contributed by atoms with Crippen molar-refractivity contribution in [3.63, 3.8) is 0 Å². The third-order valence-corrected chi connectivity index (χ3v) is 5.41. The minimum Gasteiger partial charge on any atom is -0.509 e. The Kier molecular flexibility index (Phi) is 3.98. The fraction of sp³-hybridized carbons (Fsp3) is 0.615. The SMILES string of the molecule is CCOC(=O)C1=C(O)CN2C(NC3C2C(=O)N(C)C(=O)N3C)S1. The van der Waals surface area contributed by atoms with E-state index in [1.54, 1.807) is 18.9 Å². The van der Waals surface area contributed by atoms with E-state index < -0.39 is 29.7 Å². The zero-order valence-corrected chi connectivity index (χ0v) is 13.8. The van der Waals surface area contributed by atoms with Crippen molar-refractivity contribution in [1.29, 1.82) is 0 Å². The molecule has 2 N–H and O–H groups in total. The number of likely N-dealkylation sites (N-methyl/N-ethyl adjacent to an activating group) is 2. The lowest BCUT2D eigenvalue weighted by molar-refractivity contribution is -0.137. The number of carbonyl (C=O) groups is 3. The zero-order chi connectivity index (χ0) is 16.9. The van der Waals surface area contributed by atoms with Crippen LogP contribution < -0.4 is 5.32 Å². The highest BCUT2D eigenvalue weighted by Gasteiger charge is 2.55. The van der Waals surface area contributed by atoms with E-state index in [1.807, 2.05) is 0 Å². The first-order valence-electron chi connectivity index (χ1n) is 7.18. The summed E-state index contributed by atoms with van der Waals surface area (Å²) in [5, 5.41) is 13.3. The van der Waals surface area contributed by atoms with Crippen LogP contribution in [0.15, 0.2) is 10.7 Å². The summed E-state index contributed by atoms with van der Waals surface area (Å²) in [4.78, 5) is 40.8. The van der Waals surface area contributed by atoms with Gasteiger partial charge in [-0.25, -0.2) is 9.59 Å². The van der Waals surface area contributed by atoms with Gasteiger partial charge in [0.2, 0.25) is 0 Å². The topological polar surface area (TPSA) is 102 Å². The number of aliphatic hydroxyl groups is 1. The number of thioether (sulfide) groups is 1. The van der Waals surface area contributed by atoms with Gasteiger partial charge in [-0.05, 0) is 6.92 Å². The van der Waals surface area contributed by atoms with Crippen LogP contribution in [0.2, 0.25) is 0 Å². The van der Waals surface area contributed by atoms with Gasteiger partial charge in [0.25, 0.3) is 5.91 Å². The summed E-state index contributed by atoms with van der Waals surface area (Å²) in [5.41, 5.74) is -0.397. The number of rotatable bonds is 2. The molecule has 0 aliphatic carbocycles. The van der Waals surface area contributed by atoms with Crippen LogP contribution in [-0.4, -0.2) is 82.7 Å². The Morgan fingerprint density at radius 2 is 2.13 bits per heavy atom. The molecule has 3 atom stereocenters. The monoisotopic (exact) mass is 342 g/mol. The average molecular weight is 342 g/mol. The lowest BCUT2D eigenvalue weighted by atomic mass is 10.1. The summed E-state index contributed by atoms with van der Waals surface area (Å²) in [6.07, 6.45) is -0.502. The Morgan fingerprint density at radius 3 is 2.78 bits per heavy atom. The van der Waals surface area contributed by atoms with Gasteiger partial charge < -0.3 is 14.7 Å². The fourth-order valence-corrected chi connectivity index (χ4v) is 4.11. The molecule has 0 bridgehead atoms. The Labute approximate surface area is 137 Å². The van der Waals surface area contributed by atoms with E-state index in [0.29, 0.717) is 0 Å². The maximum absolute atomic E-state index is 12.4. The Morgan fingerprint density at radius 1 is 1.43 bits per heavy atom. The second kappa shape index (κ2) is 5.69. The number of fused-ring (bicyclic) bond motifs is 3. The van der Waals surface area contributed by atoms with Gasteiger partial charge in [-0.1, -0.05) is 11.8 Å². The number of urea groups is 1. The van der Waals surface area contributed by atoms with Crippen LogP contribution >= 0.6 is 11.8 Å². The molecule has 3 unspecified atom stereocenters. The Hall–Kier alpha value is -1.78. The zero-order valence-electron chi connectivity index (χ0n) is 13.0. The van der Waals surface area contributed by atoms with Crippen molar-refractivity contribution in [3.8, 4) is 0 Å². The van der Waals surface area contributed by atoms with Gasteiger partial charge in [-0.2, -0.15) is 0 Å². The summed E-state index contributed by atoms with van der Waals surface area (Å²) in [6.45, 7) is 1.94. The number of carbonyl (C=O) groups excluding carboxylic acids is 3. The number of esters is 1. The summed E-state index contributed by atoms with van der Waals surface area (Å²) in [5.74, 6) is -1.04. The normalized spacial score (nSPS) is 31.3. The molecule has 0 aromatic rings. The highest BCUT2D eigenvalue weighted by atomic mass is 32.2. The highest BCUT2D eigenvalue weighted by molar-refractivity contribution is 8.04. The minimum atomic E-state index is -0.605.